The molecule has 0 saturated carbocycles. The molecule has 1 saturated heterocycles. The van der Waals surface area contributed by atoms with E-state index in [-0.39, 0.29) is 12.1 Å². The molecule has 0 bridgehead atoms. The molecule has 0 aliphatic carbocycles. The van der Waals surface area contributed by atoms with Gasteiger partial charge in [-0.1, -0.05) is 6.07 Å². The number of nitrogens with zero attached hydrogens (tertiary/aromatic N) is 2. The average Bonchev–Trinajstić information content (AvgIpc) is 3.41. The van der Waals surface area contributed by atoms with Gasteiger partial charge in [-0.3, -0.25) is 19.8 Å². The van der Waals surface area contributed by atoms with Crippen molar-refractivity contribution in [2.45, 2.75) is 20.4 Å². The lowest BCUT2D eigenvalue weighted by Crippen LogP contribution is -2.53. The van der Waals surface area contributed by atoms with E-state index in [9.17, 15) is 19.2 Å². The highest BCUT2D eigenvalue weighted by atomic mass is 16.5. The normalized spacial score (nSPS) is 15.2. The molecule has 1 aliphatic rings. The lowest BCUT2D eigenvalue weighted by atomic mass is 10.1. The number of esters is 1. The van der Waals surface area contributed by atoms with Gasteiger partial charge in [-0.05, 0) is 61.9 Å². The van der Waals surface area contributed by atoms with Crippen LogP contribution >= 0.6 is 0 Å². The summed E-state index contributed by atoms with van der Waals surface area (Å²) in [7, 11) is 1.32. The minimum atomic E-state index is -0.802. The second-order valence-corrected chi connectivity index (χ2v) is 7.49. The van der Waals surface area contributed by atoms with E-state index in [2.05, 4.69) is 5.32 Å². The van der Waals surface area contributed by atoms with Crippen LogP contribution in [0.4, 0.5) is 4.79 Å². The van der Waals surface area contributed by atoms with Crippen molar-refractivity contribution in [2.75, 3.05) is 7.11 Å². The highest BCUT2D eigenvalue weighted by Crippen LogP contribution is 2.25. The SMILES string of the molecule is COC(=O)c1cccc(-n2c(C)cc(/C=C3\C(=O)NC(=O)N(Cc4ccco4)C3=O)c2C)c1. The summed E-state index contributed by atoms with van der Waals surface area (Å²) in [6.07, 6.45) is 2.90. The number of furan rings is 1. The first-order valence-corrected chi connectivity index (χ1v) is 10.1. The maximum Gasteiger partial charge on any atom is 0.337 e. The van der Waals surface area contributed by atoms with Gasteiger partial charge in [0.05, 0.1) is 25.5 Å². The number of nitrogens with one attached hydrogen (secondary N) is 1. The number of imide groups is 2. The summed E-state index contributed by atoms with van der Waals surface area (Å²) in [5.74, 6) is -1.51. The van der Waals surface area contributed by atoms with Crippen LogP contribution < -0.4 is 5.32 Å². The van der Waals surface area contributed by atoms with E-state index in [1.807, 2.05) is 30.5 Å². The molecule has 4 rings (SSSR count). The number of urea groups is 1. The molecule has 1 fully saturated rings. The van der Waals surface area contributed by atoms with Crippen LogP contribution in [0.5, 0.6) is 0 Å². The first-order valence-electron chi connectivity index (χ1n) is 10.1. The standard InChI is InChI=1S/C24H21N3O6/c1-14-10-17(15(2)27(14)18-7-4-6-16(11-18)23(30)32-3)12-20-21(28)25-24(31)26(22(20)29)13-19-8-5-9-33-19/h4-12H,13H2,1-3H3,(H,25,28,31)/b20-12+. The van der Waals surface area contributed by atoms with Crippen LogP contribution in [0.15, 0.2) is 58.7 Å². The lowest BCUT2D eigenvalue weighted by molar-refractivity contribution is -0.130. The number of hydrogen-bond acceptors (Lipinski definition) is 6. The lowest BCUT2D eigenvalue weighted by Gasteiger charge is -2.25. The van der Waals surface area contributed by atoms with Crippen molar-refractivity contribution in [1.82, 2.24) is 14.8 Å². The van der Waals surface area contributed by atoms with Crippen LogP contribution in [0.1, 0.15) is 33.1 Å². The summed E-state index contributed by atoms with van der Waals surface area (Å²) in [5.41, 5.74) is 3.17. The predicted octanol–water partition coefficient (Wildman–Crippen LogP) is 3.14. The highest BCUT2D eigenvalue weighted by Gasteiger charge is 2.36. The number of carbonyl (C=O) groups excluding carboxylic acids is 4. The average molecular weight is 447 g/mol. The van der Waals surface area contributed by atoms with Crippen LogP contribution in [0.25, 0.3) is 11.8 Å². The molecular weight excluding hydrogens is 426 g/mol. The Morgan fingerprint density at radius 2 is 1.91 bits per heavy atom. The Morgan fingerprint density at radius 1 is 1.12 bits per heavy atom. The Bertz CT molecular complexity index is 1300. The van der Waals surface area contributed by atoms with Crippen LogP contribution in [0.3, 0.4) is 0 Å². The molecule has 2 aromatic heterocycles. The second-order valence-electron chi connectivity index (χ2n) is 7.49. The molecule has 4 amide bonds. The minimum Gasteiger partial charge on any atom is -0.467 e. The number of hydrogen-bond donors (Lipinski definition) is 1. The number of amides is 4. The quantitative estimate of drug-likeness (QED) is 0.365. The molecule has 3 aromatic rings. The fourth-order valence-corrected chi connectivity index (χ4v) is 3.77. The molecule has 3 heterocycles. The molecule has 1 aliphatic heterocycles. The third-order valence-corrected chi connectivity index (χ3v) is 5.38. The van der Waals surface area contributed by atoms with Crippen molar-refractivity contribution in [2.24, 2.45) is 0 Å². The number of aryl methyl sites for hydroxylation is 1. The van der Waals surface area contributed by atoms with Crippen molar-refractivity contribution in [1.29, 1.82) is 0 Å². The van der Waals surface area contributed by atoms with Gasteiger partial charge < -0.3 is 13.7 Å². The van der Waals surface area contributed by atoms with E-state index < -0.39 is 23.8 Å². The number of aromatic nitrogens is 1. The Kier molecular flexibility index (Phi) is 5.70. The molecule has 0 unspecified atom stereocenters. The van der Waals surface area contributed by atoms with E-state index in [1.54, 1.807) is 30.3 Å². The third kappa shape index (κ3) is 4.08. The molecule has 0 atom stereocenters. The van der Waals surface area contributed by atoms with Gasteiger partial charge in [-0.25, -0.2) is 9.59 Å². The molecule has 1 aromatic carbocycles. The molecule has 0 radical (unpaired) electrons. The monoisotopic (exact) mass is 447 g/mol. The minimum absolute atomic E-state index is 0.0956. The van der Waals surface area contributed by atoms with E-state index >= 15 is 0 Å². The number of methoxy groups -OCH3 is 1. The Labute approximate surface area is 189 Å². The van der Waals surface area contributed by atoms with Gasteiger partial charge in [0, 0.05) is 17.1 Å². The molecule has 1 N–H and O–H groups in total. The Hall–Kier alpha value is -4.40. The second kappa shape index (κ2) is 8.62. The first-order chi connectivity index (χ1) is 15.8. The van der Waals surface area contributed by atoms with Crippen molar-refractivity contribution in [3.8, 4) is 5.69 Å². The van der Waals surface area contributed by atoms with Gasteiger partial charge >= 0.3 is 12.0 Å². The largest absolute Gasteiger partial charge is 0.467 e. The van der Waals surface area contributed by atoms with Crippen molar-refractivity contribution < 1.29 is 28.3 Å². The van der Waals surface area contributed by atoms with Crippen molar-refractivity contribution in [3.63, 3.8) is 0 Å². The van der Waals surface area contributed by atoms with Gasteiger partial charge in [0.2, 0.25) is 0 Å². The molecule has 9 nitrogen and oxygen atoms in total. The summed E-state index contributed by atoms with van der Waals surface area (Å²) >= 11 is 0. The van der Waals surface area contributed by atoms with Gasteiger partial charge in [0.25, 0.3) is 11.8 Å². The summed E-state index contributed by atoms with van der Waals surface area (Å²) in [6.45, 7) is 3.61. The fraction of sp³-hybridized carbons (Fsp3) is 0.167. The zero-order chi connectivity index (χ0) is 23.7. The molecule has 9 heteroatoms. The predicted molar refractivity (Wildman–Crippen MR) is 117 cm³/mol. The zero-order valence-electron chi connectivity index (χ0n) is 18.2. The summed E-state index contributed by atoms with van der Waals surface area (Å²) in [6, 6.07) is 11.2. The van der Waals surface area contributed by atoms with Gasteiger partial charge in [0.1, 0.15) is 11.3 Å². The molecular formula is C24H21N3O6. The Morgan fingerprint density at radius 3 is 2.61 bits per heavy atom. The number of barbiturate groups is 1. The topological polar surface area (TPSA) is 111 Å². The van der Waals surface area contributed by atoms with E-state index in [1.165, 1.54) is 19.4 Å². The van der Waals surface area contributed by atoms with E-state index in [0.29, 0.717) is 16.9 Å². The van der Waals surface area contributed by atoms with Crippen LogP contribution in [-0.4, -0.2) is 40.4 Å². The van der Waals surface area contributed by atoms with Crippen molar-refractivity contribution in [3.05, 3.63) is 82.6 Å². The first kappa shape index (κ1) is 21.8. The highest BCUT2D eigenvalue weighted by molar-refractivity contribution is 6.31. The smallest absolute Gasteiger partial charge is 0.337 e. The zero-order valence-corrected chi connectivity index (χ0v) is 18.2. The molecule has 168 valence electrons. The van der Waals surface area contributed by atoms with Gasteiger partial charge in [-0.2, -0.15) is 0 Å². The molecule has 0 spiro atoms. The van der Waals surface area contributed by atoms with Crippen LogP contribution in [0.2, 0.25) is 0 Å². The van der Waals surface area contributed by atoms with Gasteiger partial charge in [0.15, 0.2) is 0 Å². The number of carbonyl (C=O) groups is 4. The van der Waals surface area contributed by atoms with Gasteiger partial charge in [-0.15, -0.1) is 0 Å². The fourth-order valence-electron chi connectivity index (χ4n) is 3.77. The van der Waals surface area contributed by atoms with Crippen LogP contribution in [0, 0.1) is 13.8 Å². The van der Waals surface area contributed by atoms with E-state index in [4.69, 9.17) is 9.15 Å². The number of rotatable bonds is 5. The molecule has 33 heavy (non-hydrogen) atoms. The number of benzene rings is 1. The Balaban J connectivity index is 1.70. The number of ether oxygens (including phenoxy) is 1. The third-order valence-electron chi connectivity index (χ3n) is 5.38. The van der Waals surface area contributed by atoms with Crippen LogP contribution in [-0.2, 0) is 20.9 Å². The summed E-state index contributed by atoms with van der Waals surface area (Å²) in [5, 5.41) is 2.20. The summed E-state index contributed by atoms with van der Waals surface area (Å²) < 4.78 is 11.9. The van der Waals surface area contributed by atoms with E-state index in [0.717, 1.165) is 22.0 Å². The van der Waals surface area contributed by atoms with Crippen molar-refractivity contribution >= 4 is 29.9 Å². The summed E-state index contributed by atoms with van der Waals surface area (Å²) in [4.78, 5) is 50.5. The maximum atomic E-state index is 13.0. The maximum absolute atomic E-state index is 13.0.